The van der Waals surface area contributed by atoms with Gasteiger partial charge < -0.3 is 15.2 Å². The normalized spacial score (nSPS) is 12.8. The lowest BCUT2D eigenvalue weighted by atomic mass is 10.1. The van der Waals surface area contributed by atoms with Crippen LogP contribution in [0.25, 0.3) is 0 Å². The molecular formula is C10H19NO3. The summed E-state index contributed by atoms with van der Waals surface area (Å²) in [7, 11) is 1.34. The molecule has 1 atom stereocenters. The van der Waals surface area contributed by atoms with Crippen molar-refractivity contribution >= 4 is 5.97 Å². The number of carbonyl (C=O) groups is 1. The second-order valence-corrected chi connectivity index (χ2v) is 3.24. The van der Waals surface area contributed by atoms with E-state index in [1.807, 2.05) is 6.92 Å². The molecule has 0 spiro atoms. The van der Waals surface area contributed by atoms with Crippen molar-refractivity contribution < 1.29 is 14.6 Å². The van der Waals surface area contributed by atoms with Gasteiger partial charge in [0.05, 0.1) is 7.11 Å². The van der Waals surface area contributed by atoms with Crippen molar-refractivity contribution in [1.29, 1.82) is 0 Å². The largest absolute Gasteiger partial charge is 0.466 e. The van der Waals surface area contributed by atoms with Crippen LogP contribution in [0.1, 0.15) is 19.8 Å². The van der Waals surface area contributed by atoms with Crippen LogP contribution in [0, 0.1) is 5.92 Å². The van der Waals surface area contributed by atoms with Crippen LogP contribution in [-0.4, -0.2) is 31.3 Å². The first-order chi connectivity index (χ1) is 6.70. The summed E-state index contributed by atoms with van der Waals surface area (Å²) in [5.41, 5.74) is 0. The van der Waals surface area contributed by atoms with E-state index in [4.69, 9.17) is 5.11 Å². The van der Waals surface area contributed by atoms with Gasteiger partial charge in [-0.25, -0.2) is 4.79 Å². The zero-order chi connectivity index (χ0) is 10.8. The number of ether oxygens (including phenoxy) is 1. The minimum atomic E-state index is -0.360. The number of esters is 1. The average Bonchev–Trinajstić information content (AvgIpc) is 2.22. The smallest absolute Gasteiger partial charge is 0.331 e. The lowest BCUT2D eigenvalue weighted by Gasteiger charge is -2.06. The molecule has 4 heteroatoms. The molecule has 0 fully saturated rings. The lowest BCUT2D eigenvalue weighted by molar-refractivity contribution is -0.134. The van der Waals surface area contributed by atoms with E-state index in [2.05, 4.69) is 10.1 Å². The van der Waals surface area contributed by atoms with Gasteiger partial charge in [-0.3, -0.25) is 0 Å². The van der Waals surface area contributed by atoms with E-state index in [1.165, 1.54) is 13.2 Å². The molecule has 0 aliphatic heterocycles. The van der Waals surface area contributed by atoms with Gasteiger partial charge in [0.25, 0.3) is 0 Å². The van der Waals surface area contributed by atoms with E-state index in [1.54, 1.807) is 6.20 Å². The predicted octanol–water partition coefficient (Wildman–Crippen LogP) is 0.671. The molecule has 0 aromatic rings. The lowest BCUT2D eigenvalue weighted by Crippen LogP contribution is -2.10. The van der Waals surface area contributed by atoms with Crippen molar-refractivity contribution in [2.75, 3.05) is 20.3 Å². The number of aliphatic hydroxyl groups excluding tert-OH is 1. The zero-order valence-corrected chi connectivity index (χ0v) is 8.82. The second kappa shape index (κ2) is 8.56. The number of nitrogens with one attached hydrogen (secondary N) is 1. The molecule has 0 aromatic heterocycles. The minimum Gasteiger partial charge on any atom is -0.466 e. The van der Waals surface area contributed by atoms with Gasteiger partial charge in [-0.15, -0.1) is 0 Å². The van der Waals surface area contributed by atoms with Gasteiger partial charge in [-0.1, -0.05) is 6.92 Å². The first-order valence-corrected chi connectivity index (χ1v) is 4.79. The fourth-order valence-electron chi connectivity index (χ4n) is 0.922. The standard InChI is InChI=1S/C10H19NO3/c1-9(8-12)4-3-6-11-7-5-10(13)14-2/h5,7,9,11-12H,3-4,6,8H2,1-2H3/b7-5+. The Kier molecular flexibility index (Phi) is 7.93. The second-order valence-electron chi connectivity index (χ2n) is 3.24. The molecule has 0 aliphatic rings. The minimum absolute atomic E-state index is 0.234. The highest BCUT2D eigenvalue weighted by Gasteiger charge is 1.97. The van der Waals surface area contributed by atoms with E-state index in [-0.39, 0.29) is 12.6 Å². The molecule has 0 heterocycles. The summed E-state index contributed by atoms with van der Waals surface area (Å²) >= 11 is 0. The predicted molar refractivity (Wildman–Crippen MR) is 54.6 cm³/mol. The number of methoxy groups -OCH3 is 1. The summed E-state index contributed by atoms with van der Waals surface area (Å²) in [6.45, 7) is 3.04. The van der Waals surface area contributed by atoms with E-state index >= 15 is 0 Å². The number of rotatable bonds is 7. The Hall–Kier alpha value is -1.03. The molecule has 14 heavy (non-hydrogen) atoms. The fraction of sp³-hybridized carbons (Fsp3) is 0.700. The molecule has 0 aromatic carbocycles. The van der Waals surface area contributed by atoms with Gasteiger partial charge in [-0.05, 0) is 18.8 Å². The summed E-state index contributed by atoms with van der Waals surface area (Å²) in [4.78, 5) is 10.6. The number of hydrogen-bond donors (Lipinski definition) is 2. The van der Waals surface area contributed by atoms with Crippen molar-refractivity contribution in [3.8, 4) is 0 Å². The molecule has 82 valence electrons. The molecule has 0 radical (unpaired) electrons. The molecule has 0 amide bonds. The molecule has 0 aliphatic carbocycles. The Balaban J connectivity index is 3.29. The van der Waals surface area contributed by atoms with Gasteiger partial charge in [0.15, 0.2) is 0 Å². The number of carbonyl (C=O) groups excluding carboxylic acids is 1. The molecule has 4 nitrogen and oxygen atoms in total. The van der Waals surface area contributed by atoms with Gasteiger partial charge >= 0.3 is 5.97 Å². The Labute approximate surface area is 85.0 Å². The Bertz CT molecular complexity index is 180. The molecular weight excluding hydrogens is 182 g/mol. The van der Waals surface area contributed by atoms with Crippen LogP contribution in [0.5, 0.6) is 0 Å². The van der Waals surface area contributed by atoms with Gasteiger partial charge in [0.2, 0.25) is 0 Å². The molecule has 0 saturated carbocycles. The highest BCUT2D eigenvalue weighted by atomic mass is 16.5. The van der Waals surface area contributed by atoms with Gasteiger partial charge in [0, 0.05) is 25.4 Å². The van der Waals surface area contributed by atoms with Crippen molar-refractivity contribution in [3.05, 3.63) is 12.3 Å². The summed E-state index contributed by atoms with van der Waals surface area (Å²) in [6, 6.07) is 0. The topological polar surface area (TPSA) is 58.6 Å². The monoisotopic (exact) mass is 201 g/mol. The molecule has 2 N–H and O–H groups in total. The number of aliphatic hydroxyl groups is 1. The van der Waals surface area contributed by atoms with Crippen LogP contribution >= 0.6 is 0 Å². The van der Waals surface area contributed by atoms with E-state index in [0.29, 0.717) is 5.92 Å². The van der Waals surface area contributed by atoms with Gasteiger partial charge in [-0.2, -0.15) is 0 Å². The average molecular weight is 201 g/mol. The maximum absolute atomic E-state index is 10.6. The van der Waals surface area contributed by atoms with Crippen molar-refractivity contribution in [2.45, 2.75) is 19.8 Å². The number of hydrogen-bond acceptors (Lipinski definition) is 4. The third-order valence-electron chi connectivity index (χ3n) is 1.87. The summed E-state index contributed by atoms with van der Waals surface area (Å²) in [6.07, 6.45) is 4.88. The summed E-state index contributed by atoms with van der Waals surface area (Å²) < 4.78 is 4.41. The van der Waals surface area contributed by atoms with Crippen LogP contribution in [-0.2, 0) is 9.53 Å². The summed E-state index contributed by atoms with van der Waals surface area (Å²) in [5, 5.41) is 11.7. The van der Waals surface area contributed by atoms with Crippen molar-refractivity contribution in [2.24, 2.45) is 5.92 Å². The first kappa shape index (κ1) is 13.0. The highest BCUT2D eigenvalue weighted by Crippen LogP contribution is 2.02. The van der Waals surface area contributed by atoms with Gasteiger partial charge in [0.1, 0.15) is 0 Å². The Morgan fingerprint density at radius 1 is 1.64 bits per heavy atom. The highest BCUT2D eigenvalue weighted by molar-refractivity contribution is 5.81. The van der Waals surface area contributed by atoms with Crippen LogP contribution in [0.15, 0.2) is 12.3 Å². The molecule has 1 unspecified atom stereocenters. The van der Waals surface area contributed by atoms with Crippen LogP contribution in [0.2, 0.25) is 0 Å². The first-order valence-electron chi connectivity index (χ1n) is 4.79. The maximum atomic E-state index is 10.6. The molecule has 0 saturated heterocycles. The van der Waals surface area contributed by atoms with E-state index in [9.17, 15) is 4.79 Å². The van der Waals surface area contributed by atoms with Crippen LogP contribution < -0.4 is 5.32 Å². The Morgan fingerprint density at radius 3 is 2.93 bits per heavy atom. The third kappa shape index (κ3) is 7.61. The quantitative estimate of drug-likeness (QED) is 0.361. The van der Waals surface area contributed by atoms with Crippen molar-refractivity contribution in [3.63, 3.8) is 0 Å². The van der Waals surface area contributed by atoms with Crippen LogP contribution in [0.3, 0.4) is 0 Å². The molecule has 0 bridgehead atoms. The third-order valence-corrected chi connectivity index (χ3v) is 1.87. The zero-order valence-electron chi connectivity index (χ0n) is 8.82. The maximum Gasteiger partial charge on any atom is 0.331 e. The fourth-order valence-corrected chi connectivity index (χ4v) is 0.922. The van der Waals surface area contributed by atoms with Crippen molar-refractivity contribution in [1.82, 2.24) is 5.32 Å². The SMILES string of the molecule is COC(=O)/C=C/NCCCC(C)CO. The summed E-state index contributed by atoms with van der Waals surface area (Å²) in [5.74, 6) is -0.0115. The van der Waals surface area contributed by atoms with E-state index < -0.39 is 0 Å². The Morgan fingerprint density at radius 2 is 2.36 bits per heavy atom. The van der Waals surface area contributed by atoms with Crippen LogP contribution in [0.4, 0.5) is 0 Å². The molecule has 0 rings (SSSR count). The van der Waals surface area contributed by atoms with E-state index in [0.717, 1.165) is 19.4 Å².